The molecule has 2 rings (SSSR count). The highest BCUT2D eigenvalue weighted by Crippen LogP contribution is 2.40. The predicted octanol–water partition coefficient (Wildman–Crippen LogP) is 3.78. The molecule has 0 radical (unpaired) electrons. The molecule has 0 unspecified atom stereocenters. The van der Waals surface area contributed by atoms with E-state index in [1.165, 1.54) is 0 Å². The predicted molar refractivity (Wildman–Crippen MR) is 81.2 cm³/mol. The van der Waals surface area contributed by atoms with Gasteiger partial charge in [0.1, 0.15) is 0 Å². The number of rotatable bonds is 3. The van der Waals surface area contributed by atoms with E-state index in [9.17, 15) is 5.11 Å². The summed E-state index contributed by atoms with van der Waals surface area (Å²) in [7, 11) is 0. The van der Waals surface area contributed by atoms with Crippen molar-refractivity contribution in [2.24, 2.45) is 0 Å². The van der Waals surface area contributed by atoms with Crippen molar-refractivity contribution < 1.29 is 5.11 Å². The lowest BCUT2D eigenvalue weighted by Gasteiger charge is -2.42. The summed E-state index contributed by atoms with van der Waals surface area (Å²) in [5.41, 5.74) is 0.395. The fraction of sp³-hybridized carbons (Fsp3) is 0.600. The van der Waals surface area contributed by atoms with Gasteiger partial charge in [0.25, 0.3) is 0 Å². The van der Waals surface area contributed by atoms with Gasteiger partial charge in [-0.1, -0.05) is 29.3 Å². The van der Waals surface area contributed by atoms with Crippen molar-refractivity contribution in [2.45, 2.75) is 44.1 Å². The molecule has 2 N–H and O–H groups in total. The molecule has 1 aromatic rings. The first-order valence-corrected chi connectivity index (χ1v) is 7.47. The molecule has 2 nitrogen and oxygen atoms in total. The fourth-order valence-corrected chi connectivity index (χ4v) is 3.42. The van der Waals surface area contributed by atoms with Crippen LogP contribution in [-0.4, -0.2) is 23.8 Å². The topological polar surface area (TPSA) is 32.3 Å². The first kappa shape index (κ1) is 15.1. The molecule has 0 spiro atoms. The van der Waals surface area contributed by atoms with E-state index in [0.29, 0.717) is 16.5 Å². The number of benzene rings is 1. The summed E-state index contributed by atoms with van der Waals surface area (Å²) >= 11 is 12.2. The average molecular weight is 302 g/mol. The number of aliphatic hydroxyl groups is 1. The van der Waals surface area contributed by atoms with Crippen LogP contribution in [0.5, 0.6) is 0 Å². The lowest BCUT2D eigenvalue weighted by atomic mass is 9.69. The standard InChI is InChI=1S/C15H21Cl2NO/c1-14(2,19)9-15(6-3-7-18-10-15)11-4-5-12(16)13(17)8-11/h4-5,8,18-19H,3,6-7,9-10H2,1-2H3/t15-/m1/s1. The molecular weight excluding hydrogens is 281 g/mol. The average Bonchev–Trinajstić information content (AvgIpc) is 2.31. The third-order valence-electron chi connectivity index (χ3n) is 3.78. The quantitative estimate of drug-likeness (QED) is 0.890. The van der Waals surface area contributed by atoms with Crippen LogP contribution in [0, 0.1) is 0 Å². The van der Waals surface area contributed by atoms with Crippen molar-refractivity contribution in [1.82, 2.24) is 5.32 Å². The number of halogens is 2. The second-order valence-electron chi connectivity index (χ2n) is 6.18. The van der Waals surface area contributed by atoms with Gasteiger partial charge in [-0.05, 0) is 57.4 Å². The summed E-state index contributed by atoms with van der Waals surface area (Å²) in [6, 6.07) is 5.83. The number of hydrogen-bond acceptors (Lipinski definition) is 2. The zero-order valence-electron chi connectivity index (χ0n) is 11.5. The molecule has 1 aliphatic rings. The van der Waals surface area contributed by atoms with Gasteiger partial charge in [-0.15, -0.1) is 0 Å². The Morgan fingerprint density at radius 2 is 2.05 bits per heavy atom. The number of piperidine rings is 1. The van der Waals surface area contributed by atoms with Crippen LogP contribution in [0.3, 0.4) is 0 Å². The Kier molecular flexibility index (Phi) is 4.46. The third kappa shape index (κ3) is 3.63. The SMILES string of the molecule is CC(C)(O)C[C@]1(c2ccc(Cl)c(Cl)c2)CCCNC1. The van der Waals surface area contributed by atoms with Gasteiger partial charge in [-0.2, -0.15) is 0 Å². The maximum absolute atomic E-state index is 10.2. The Morgan fingerprint density at radius 3 is 2.58 bits per heavy atom. The van der Waals surface area contributed by atoms with Crippen molar-refractivity contribution in [3.8, 4) is 0 Å². The van der Waals surface area contributed by atoms with Gasteiger partial charge < -0.3 is 10.4 Å². The Bertz CT molecular complexity index is 448. The summed E-state index contributed by atoms with van der Waals surface area (Å²) in [5, 5.41) is 14.8. The minimum absolute atomic E-state index is 0.0648. The minimum atomic E-state index is -0.703. The monoisotopic (exact) mass is 301 g/mol. The van der Waals surface area contributed by atoms with Crippen molar-refractivity contribution >= 4 is 23.2 Å². The van der Waals surface area contributed by atoms with Gasteiger partial charge in [0.15, 0.2) is 0 Å². The first-order chi connectivity index (χ1) is 8.82. The molecular formula is C15H21Cl2NO. The first-order valence-electron chi connectivity index (χ1n) is 6.71. The zero-order chi connectivity index (χ0) is 14.1. The highest BCUT2D eigenvalue weighted by Gasteiger charge is 2.38. The molecule has 1 aliphatic heterocycles. The minimum Gasteiger partial charge on any atom is -0.390 e. The van der Waals surface area contributed by atoms with Gasteiger partial charge in [-0.3, -0.25) is 0 Å². The maximum atomic E-state index is 10.2. The third-order valence-corrected chi connectivity index (χ3v) is 4.51. The Labute approximate surface area is 125 Å². The van der Waals surface area contributed by atoms with E-state index in [2.05, 4.69) is 5.32 Å². The van der Waals surface area contributed by atoms with Crippen LogP contribution < -0.4 is 5.32 Å². The van der Waals surface area contributed by atoms with Crippen LogP contribution in [-0.2, 0) is 5.41 Å². The molecule has 1 heterocycles. The van der Waals surface area contributed by atoms with Crippen LogP contribution in [0.4, 0.5) is 0 Å². The van der Waals surface area contributed by atoms with Crippen LogP contribution in [0.15, 0.2) is 18.2 Å². The van der Waals surface area contributed by atoms with Gasteiger partial charge >= 0.3 is 0 Å². The largest absolute Gasteiger partial charge is 0.390 e. The van der Waals surface area contributed by atoms with Gasteiger partial charge in [0, 0.05) is 12.0 Å². The van der Waals surface area contributed by atoms with E-state index in [-0.39, 0.29) is 5.41 Å². The number of hydrogen-bond donors (Lipinski definition) is 2. The summed E-state index contributed by atoms with van der Waals surface area (Å²) in [6.45, 7) is 5.63. The molecule has 106 valence electrons. The molecule has 0 saturated carbocycles. The highest BCUT2D eigenvalue weighted by atomic mass is 35.5. The van der Waals surface area contributed by atoms with Crippen molar-refractivity contribution in [1.29, 1.82) is 0 Å². The summed E-state index contributed by atoms with van der Waals surface area (Å²) in [6.07, 6.45) is 2.88. The molecule has 1 fully saturated rings. The Morgan fingerprint density at radius 1 is 1.32 bits per heavy atom. The molecule has 4 heteroatoms. The van der Waals surface area contributed by atoms with Crippen LogP contribution >= 0.6 is 23.2 Å². The van der Waals surface area contributed by atoms with E-state index in [1.54, 1.807) is 0 Å². The zero-order valence-corrected chi connectivity index (χ0v) is 13.0. The van der Waals surface area contributed by atoms with Crippen LogP contribution in [0.2, 0.25) is 10.0 Å². The molecule has 0 aliphatic carbocycles. The second kappa shape index (κ2) is 5.61. The summed E-state index contributed by atoms with van der Waals surface area (Å²) in [5.74, 6) is 0. The van der Waals surface area contributed by atoms with Crippen molar-refractivity contribution in [3.05, 3.63) is 33.8 Å². The van der Waals surface area contributed by atoms with E-state index >= 15 is 0 Å². The Balaban J connectivity index is 2.38. The fourth-order valence-electron chi connectivity index (χ4n) is 3.12. The van der Waals surface area contributed by atoms with E-state index in [1.807, 2.05) is 32.0 Å². The summed E-state index contributed by atoms with van der Waals surface area (Å²) in [4.78, 5) is 0. The molecule has 1 aromatic carbocycles. The van der Waals surface area contributed by atoms with Gasteiger partial charge in [-0.25, -0.2) is 0 Å². The molecule has 1 saturated heterocycles. The van der Waals surface area contributed by atoms with E-state index in [0.717, 1.165) is 31.5 Å². The van der Waals surface area contributed by atoms with Gasteiger partial charge in [0.2, 0.25) is 0 Å². The van der Waals surface area contributed by atoms with Crippen LogP contribution in [0.1, 0.15) is 38.7 Å². The molecule has 0 aromatic heterocycles. The highest BCUT2D eigenvalue weighted by molar-refractivity contribution is 6.42. The van der Waals surface area contributed by atoms with E-state index < -0.39 is 5.60 Å². The normalized spacial score (nSPS) is 24.5. The van der Waals surface area contributed by atoms with Crippen molar-refractivity contribution in [2.75, 3.05) is 13.1 Å². The molecule has 1 atom stereocenters. The lowest BCUT2D eigenvalue weighted by Crippen LogP contribution is -2.47. The molecule has 0 bridgehead atoms. The summed E-state index contributed by atoms with van der Waals surface area (Å²) < 4.78 is 0. The Hall–Kier alpha value is -0.280. The van der Waals surface area contributed by atoms with Crippen LogP contribution in [0.25, 0.3) is 0 Å². The maximum Gasteiger partial charge on any atom is 0.0600 e. The molecule has 19 heavy (non-hydrogen) atoms. The lowest BCUT2D eigenvalue weighted by molar-refractivity contribution is 0.0371. The second-order valence-corrected chi connectivity index (χ2v) is 6.99. The molecule has 0 amide bonds. The van der Waals surface area contributed by atoms with E-state index in [4.69, 9.17) is 23.2 Å². The van der Waals surface area contributed by atoms with Gasteiger partial charge in [0.05, 0.1) is 15.6 Å². The smallest absolute Gasteiger partial charge is 0.0600 e. The van der Waals surface area contributed by atoms with Crippen molar-refractivity contribution in [3.63, 3.8) is 0 Å². The number of nitrogens with one attached hydrogen (secondary N) is 1.